The summed E-state index contributed by atoms with van der Waals surface area (Å²) in [5.41, 5.74) is 3.32. The van der Waals surface area contributed by atoms with Crippen LogP contribution < -0.4 is 0 Å². The molecule has 1 heterocycles. The van der Waals surface area contributed by atoms with Crippen LogP contribution in [-0.4, -0.2) is 18.5 Å². The van der Waals surface area contributed by atoms with Gasteiger partial charge in [-0.25, -0.2) is 0 Å². The van der Waals surface area contributed by atoms with E-state index < -0.39 is 0 Å². The second-order valence-corrected chi connectivity index (χ2v) is 6.30. The van der Waals surface area contributed by atoms with Crippen molar-refractivity contribution in [1.82, 2.24) is 0 Å². The fourth-order valence-corrected chi connectivity index (χ4v) is 4.32. The van der Waals surface area contributed by atoms with Gasteiger partial charge in [-0.05, 0) is 35.8 Å². The molecule has 0 bridgehead atoms. The molecule has 4 rings (SSSR count). The van der Waals surface area contributed by atoms with E-state index in [0.29, 0.717) is 36.8 Å². The lowest BCUT2D eigenvalue weighted by Crippen LogP contribution is -2.39. The molecule has 2 aliphatic carbocycles. The fraction of sp³-hybridized carbons (Fsp3) is 0.500. The number of fused-ring (bicyclic) bond motifs is 3. The van der Waals surface area contributed by atoms with Crippen LogP contribution in [-0.2, 0) is 9.53 Å². The van der Waals surface area contributed by atoms with Crippen molar-refractivity contribution >= 4 is 11.4 Å². The van der Waals surface area contributed by atoms with E-state index in [0.717, 1.165) is 11.1 Å². The highest BCUT2D eigenvalue weighted by molar-refractivity contribution is 6.24. The Morgan fingerprint density at radius 2 is 1.85 bits per heavy atom. The molecule has 1 unspecified atom stereocenters. The molecular weight excluding hydrogens is 248 g/mol. The van der Waals surface area contributed by atoms with Crippen molar-refractivity contribution in [3.8, 4) is 0 Å². The molecule has 0 spiro atoms. The molecule has 1 aliphatic heterocycles. The van der Waals surface area contributed by atoms with Crippen LogP contribution in [0.5, 0.6) is 0 Å². The molecule has 104 valence electrons. The number of carbonyl (C=O) groups excluding carboxylic acids is 1. The van der Waals surface area contributed by atoms with E-state index in [1.807, 2.05) is 18.2 Å². The Hall–Kier alpha value is -1.41. The Kier molecular flexibility index (Phi) is 2.99. The molecule has 1 saturated carbocycles. The Bertz CT molecular complexity index is 558. The number of ketones is 1. The van der Waals surface area contributed by atoms with E-state index in [9.17, 15) is 4.79 Å². The van der Waals surface area contributed by atoms with Gasteiger partial charge in [-0.1, -0.05) is 43.2 Å². The van der Waals surface area contributed by atoms with Crippen molar-refractivity contribution in [2.24, 2.45) is 11.8 Å². The van der Waals surface area contributed by atoms with Crippen LogP contribution in [0.3, 0.4) is 0 Å². The van der Waals surface area contributed by atoms with Crippen molar-refractivity contribution in [1.29, 1.82) is 0 Å². The highest BCUT2D eigenvalue weighted by Gasteiger charge is 2.44. The molecule has 1 aromatic rings. The third-order valence-electron chi connectivity index (χ3n) is 5.24. The maximum absolute atomic E-state index is 12.5. The minimum atomic E-state index is 0.325. The first-order valence-electron chi connectivity index (χ1n) is 7.78. The molecular formula is C18H20O2. The second-order valence-electron chi connectivity index (χ2n) is 6.30. The molecule has 2 heteroatoms. The van der Waals surface area contributed by atoms with Crippen LogP contribution in [0.2, 0.25) is 0 Å². The van der Waals surface area contributed by atoms with Gasteiger partial charge in [0.15, 0.2) is 5.78 Å². The number of Topliss-reactive ketones (excluding diaryl/α,β-unsaturated/α-hetero) is 1. The van der Waals surface area contributed by atoms with Gasteiger partial charge in [0.05, 0.1) is 12.7 Å². The summed E-state index contributed by atoms with van der Waals surface area (Å²) in [5, 5.41) is 0. The standard InChI is InChI=1S/C18H20O2/c19-16-10-14-13-8-4-5-9-17(13)20-11-15(14)18(16)12-6-2-1-3-7-12/h1-3,6-7,13-14,17H,4-5,8-11H2/t13-,14?,17+/m0/s1. The zero-order chi connectivity index (χ0) is 13.5. The molecule has 0 N–H and O–H groups in total. The van der Waals surface area contributed by atoms with E-state index in [2.05, 4.69) is 12.1 Å². The van der Waals surface area contributed by atoms with Crippen LogP contribution >= 0.6 is 0 Å². The Morgan fingerprint density at radius 1 is 1.05 bits per heavy atom. The number of rotatable bonds is 1. The van der Waals surface area contributed by atoms with Gasteiger partial charge in [0.1, 0.15) is 0 Å². The smallest absolute Gasteiger partial charge is 0.164 e. The second kappa shape index (κ2) is 4.85. The lowest BCUT2D eigenvalue weighted by atomic mass is 9.73. The van der Waals surface area contributed by atoms with Gasteiger partial charge in [0, 0.05) is 12.0 Å². The predicted molar refractivity (Wildman–Crippen MR) is 78.2 cm³/mol. The molecule has 3 aliphatic rings. The lowest BCUT2D eigenvalue weighted by molar-refractivity contribution is -0.114. The first kappa shape index (κ1) is 12.3. The van der Waals surface area contributed by atoms with Crippen LogP contribution in [0.1, 0.15) is 37.7 Å². The maximum atomic E-state index is 12.5. The van der Waals surface area contributed by atoms with Crippen LogP contribution in [0.4, 0.5) is 0 Å². The number of hydrogen-bond donors (Lipinski definition) is 0. The van der Waals surface area contributed by atoms with E-state index in [4.69, 9.17) is 4.74 Å². The van der Waals surface area contributed by atoms with Gasteiger partial charge in [-0.3, -0.25) is 4.79 Å². The predicted octanol–water partition coefficient (Wildman–Crippen LogP) is 3.62. The topological polar surface area (TPSA) is 26.3 Å². The molecule has 0 amide bonds. The van der Waals surface area contributed by atoms with Crippen LogP contribution in [0.15, 0.2) is 35.9 Å². The molecule has 20 heavy (non-hydrogen) atoms. The number of ether oxygens (including phenoxy) is 1. The van der Waals surface area contributed by atoms with Crippen molar-refractivity contribution in [3.05, 3.63) is 41.5 Å². The number of allylic oxidation sites excluding steroid dienone is 1. The highest BCUT2D eigenvalue weighted by Crippen LogP contribution is 2.48. The average molecular weight is 268 g/mol. The summed E-state index contributed by atoms with van der Waals surface area (Å²) in [6.07, 6.45) is 6.11. The lowest BCUT2D eigenvalue weighted by Gasteiger charge is -2.40. The molecule has 2 nitrogen and oxygen atoms in total. The SMILES string of the molecule is O=C1CC2C(=C1c1ccccc1)CO[C@@H]1CCCC[C@@H]21. The summed E-state index contributed by atoms with van der Waals surface area (Å²) in [5.74, 6) is 1.36. The van der Waals surface area contributed by atoms with E-state index in [-0.39, 0.29) is 0 Å². The third kappa shape index (κ3) is 1.86. The molecule has 0 radical (unpaired) electrons. The van der Waals surface area contributed by atoms with E-state index >= 15 is 0 Å². The minimum Gasteiger partial charge on any atom is -0.374 e. The summed E-state index contributed by atoms with van der Waals surface area (Å²) >= 11 is 0. The summed E-state index contributed by atoms with van der Waals surface area (Å²) in [6, 6.07) is 10.1. The normalized spacial score (nSPS) is 33.0. The first-order chi connectivity index (χ1) is 9.84. The Labute approximate surface area is 119 Å². The number of benzene rings is 1. The number of carbonyl (C=O) groups is 1. The maximum Gasteiger partial charge on any atom is 0.164 e. The average Bonchev–Trinajstić information content (AvgIpc) is 2.84. The summed E-state index contributed by atoms with van der Waals surface area (Å²) in [7, 11) is 0. The molecule has 1 aromatic carbocycles. The van der Waals surface area contributed by atoms with Gasteiger partial charge >= 0.3 is 0 Å². The quantitative estimate of drug-likeness (QED) is 0.777. The summed E-state index contributed by atoms with van der Waals surface area (Å²) in [4.78, 5) is 12.5. The molecule has 2 fully saturated rings. The molecule has 3 atom stereocenters. The van der Waals surface area contributed by atoms with Crippen LogP contribution in [0.25, 0.3) is 5.57 Å². The zero-order valence-electron chi connectivity index (χ0n) is 11.7. The first-order valence-corrected chi connectivity index (χ1v) is 7.78. The van der Waals surface area contributed by atoms with Gasteiger partial charge < -0.3 is 4.74 Å². The van der Waals surface area contributed by atoms with Gasteiger partial charge in [-0.2, -0.15) is 0 Å². The largest absolute Gasteiger partial charge is 0.374 e. The highest BCUT2D eigenvalue weighted by atomic mass is 16.5. The van der Waals surface area contributed by atoms with Gasteiger partial charge in [-0.15, -0.1) is 0 Å². The molecule has 0 aromatic heterocycles. The fourth-order valence-electron chi connectivity index (χ4n) is 4.32. The van der Waals surface area contributed by atoms with Gasteiger partial charge in [0.25, 0.3) is 0 Å². The van der Waals surface area contributed by atoms with Crippen LogP contribution in [0, 0.1) is 11.8 Å². The van der Waals surface area contributed by atoms with Crippen molar-refractivity contribution < 1.29 is 9.53 Å². The van der Waals surface area contributed by atoms with E-state index in [1.54, 1.807) is 0 Å². The third-order valence-corrected chi connectivity index (χ3v) is 5.24. The molecule has 1 saturated heterocycles. The minimum absolute atomic E-state index is 0.325. The summed E-state index contributed by atoms with van der Waals surface area (Å²) < 4.78 is 6.09. The van der Waals surface area contributed by atoms with Gasteiger partial charge in [0.2, 0.25) is 0 Å². The Balaban J connectivity index is 1.74. The van der Waals surface area contributed by atoms with Crippen molar-refractivity contribution in [3.63, 3.8) is 0 Å². The Morgan fingerprint density at radius 3 is 2.70 bits per heavy atom. The van der Waals surface area contributed by atoms with Crippen molar-refractivity contribution in [2.45, 2.75) is 38.2 Å². The summed E-state index contributed by atoms with van der Waals surface area (Å²) in [6.45, 7) is 0.668. The monoisotopic (exact) mass is 268 g/mol. The van der Waals surface area contributed by atoms with Crippen molar-refractivity contribution in [2.75, 3.05) is 6.61 Å². The number of hydrogen-bond acceptors (Lipinski definition) is 2. The zero-order valence-corrected chi connectivity index (χ0v) is 11.7. The van der Waals surface area contributed by atoms with E-state index in [1.165, 1.54) is 31.3 Å².